The number of hydrogen-bond donors (Lipinski definition) is 1. The molecule has 0 aliphatic heterocycles. The smallest absolute Gasteiger partial charge is 0.0595 e. The average Bonchev–Trinajstić information content (AvgIpc) is 2.74. The van der Waals surface area contributed by atoms with Crippen molar-refractivity contribution in [2.24, 2.45) is 11.8 Å². The van der Waals surface area contributed by atoms with E-state index < -0.39 is 0 Å². The van der Waals surface area contributed by atoms with E-state index in [0.717, 1.165) is 25.4 Å². The van der Waals surface area contributed by atoms with E-state index in [-0.39, 0.29) is 0 Å². The first-order chi connectivity index (χ1) is 14.0. The van der Waals surface area contributed by atoms with Crippen LogP contribution in [0.2, 0.25) is 10.0 Å². The summed E-state index contributed by atoms with van der Waals surface area (Å²) in [5.41, 5.74) is 3.90. The van der Waals surface area contributed by atoms with Crippen LogP contribution < -0.4 is 10.2 Å². The van der Waals surface area contributed by atoms with Gasteiger partial charge in [0.05, 0.1) is 10.0 Å². The fraction of sp³-hybridized carbons (Fsp3) is 0.520. The molecule has 0 radical (unpaired) electrons. The van der Waals surface area contributed by atoms with E-state index in [1.807, 2.05) is 6.07 Å². The second-order valence-electron chi connectivity index (χ2n) is 8.64. The Kier molecular flexibility index (Phi) is 8.71. The molecule has 3 rings (SSSR count). The Bertz CT molecular complexity index is 752. The van der Waals surface area contributed by atoms with Crippen LogP contribution in [0.25, 0.3) is 0 Å². The van der Waals surface area contributed by atoms with Gasteiger partial charge >= 0.3 is 0 Å². The van der Waals surface area contributed by atoms with Crippen LogP contribution in [-0.2, 0) is 13.0 Å². The van der Waals surface area contributed by atoms with Crippen molar-refractivity contribution >= 4 is 28.9 Å². The van der Waals surface area contributed by atoms with Crippen LogP contribution in [-0.4, -0.2) is 20.6 Å². The van der Waals surface area contributed by atoms with Gasteiger partial charge in [-0.1, -0.05) is 73.5 Å². The van der Waals surface area contributed by atoms with Crippen LogP contribution in [0, 0.1) is 11.8 Å². The largest absolute Gasteiger partial charge is 0.378 e. The molecule has 2 aromatic rings. The normalized spacial score (nSPS) is 16.0. The van der Waals surface area contributed by atoms with Gasteiger partial charge in [0, 0.05) is 26.3 Å². The number of benzene rings is 2. The molecule has 1 saturated carbocycles. The second kappa shape index (κ2) is 11.2. The lowest BCUT2D eigenvalue weighted by atomic mass is 9.76. The highest BCUT2D eigenvalue weighted by Gasteiger charge is 2.23. The highest BCUT2D eigenvalue weighted by Crippen LogP contribution is 2.34. The van der Waals surface area contributed by atoms with Crippen molar-refractivity contribution in [2.45, 2.75) is 51.5 Å². The number of nitrogens with one attached hydrogen (secondary N) is 1. The lowest BCUT2D eigenvalue weighted by molar-refractivity contribution is 0.233. The van der Waals surface area contributed by atoms with E-state index in [1.165, 1.54) is 55.3 Å². The summed E-state index contributed by atoms with van der Waals surface area (Å²) in [4.78, 5) is 2.13. The number of anilines is 1. The molecule has 29 heavy (non-hydrogen) atoms. The topological polar surface area (TPSA) is 15.3 Å². The first kappa shape index (κ1) is 22.5. The molecule has 1 fully saturated rings. The van der Waals surface area contributed by atoms with Gasteiger partial charge in [-0.25, -0.2) is 0 Å². The van der Waals surface area contributed by atoms with E-state index in [4.69, 9.17) is 23.2 Å². The first-order valence-electron chi connectivity index (χ1n) is 10.9. The first-order valence-corrected chi connectivity index (χ1v) is 11.7. The summed E-state index contributed by atoms with van der Waals surface area (Å²) < 4.78 is 0. The standard InChI is InChI=1S/C25H34Cl2N2/c1-29(2)23-11-8-19(9-12-23)18-28-15-14-22(21-6-4-3-5-7-21)16-20-10-13-24(26)25(27)17-20/h8-13,17,21-22,28H,3-7,14-16,18H2,1-2H3. The molecule has 0 saturated heterocycles. The average molecular weight is 433 g/mol. The zero-order chi connectivity index (χ0) is 20.6. The lowest BCUT2D eigenvalue weighted by Gasteiger charge is -2.31. The molecule has 4 heteroatoms. The quantitative estimate of drug-likeness (QED) is 0.429. The Balaban J connectivity index is 1.54. The van der Waals surface area contributed by atoms with Gasteiger partial charge in [-0.05, 0) is 66.6 Å². The molecule has 0 amide bonds. The summed E-state index contributed by atoms with van der Waals surface area (Å²) in [6, 6.07) is 14.9. The van der Waals surface area contributed by atoms with Gasteiger partial charge in [-0.2, -0.15) is 0 Å². The maximum atomic E-state index is 6.26. The summed E-state index contributed by atoms with van der Waals surface area (Å²) >= 11 is 12.4. The van der Waals surface area contributed by atoms with Crippen LogP contribution in [0.1, 0.15) is 49.7 Å². The van der Waals surface area contributed by atoms with Gasteiger partial charge in [0.2, 0.25) is 0 Å². The number of halogens is 2. The fourth-order valence-corrected chi connectivity index (χ4v) is 4.83. The van der Waals surface area contributed by atoms with Crippen molar-refractivity contribution in [3.8, 4) is 0 Å². The third-order valence-corrected chi connectivity index (χ3v) is 7.01. The minimum Gasteiger partial charge on any atom is -0.378 e. The molecule has 0 bridgehead atoms. The van der Waals surface area contributed by atoms with Crippen molar-refractivity contribution in [2.75, 3.05) is 25.5 Å². The van der Waals surface area contributed by atoms with Gasteiger partial charge in [0.15, 0.2) is 0 Å². The summed E-state index contributed by atoms with van der Waals surface area (Å²) in [6.07, 6.45) is 9.22. The predicted octanol–water partition coefficient (Wildman–Crippen LogP) is 6.98. The molecule has 158 valence electrons. The summed E-state index contributed by atoms with van der Waals surface area (Å²) in [5.74, 6) is 1.54. The van der Waals surface area contributed by atoms with Gasteiger partial charge in [0.25, 0.3) is 0 Å². The Morgan fingerprint density at radius 1 is 0.931 bits per heavy atom. The van der Waals surface area contributed by atoms with Crippen molar-refractivity contribution in [1.29, 1.82) is 0 Å². The number of rotatable bonds is 9. The van der Waals surface area contributed by atoms with Crippen molar-refractivity contribution in [3.63, 3.8) is 0 Å². The van der Waals surface area contributed by atoms with Gasteiger partial charge in [-0.15, -0.1) is 0 Å². The van der Waals surface area contributed by atoms with E-state index in [9.17, 15) is 0 Å². The minimum atomic E-state index is 0.645. The maximum Gasteiger partial charge on any atom is 0.0595 e. The molecule has 0 aromatic heterocycles. The van der Waals surface area contributed by atoms with Crippen molar-refractivity contribution in [1.82, 2.24) is 5.32 Å². The van der Waals surface area contributed by atoms with E-state index in [1.54, 1.807) is 0 Å². The Morgan fingerprint density at radius 3 is 2.28 bits per heavy atom. The predicted molar refractivity (Wildman–Crippen MR) is 127 cm³/mol. The van der Waals surface area contributed by atoms with Crippen molar-refractivity contribution in [3.05, 3.63) is 63.6 Å². The second-order valence-corrected chi connectivity index (χ2v) is 9.45. The molecule has 2 aromatic carbocycles. The van der Waals surface area contributed by atoms with Gasteiger partial charge in [0.1, 0.15) is 0 Å². The molecule has 1 unspecified atom stereocenters. The van der Waals surface area contributed by atoms with E-state index in [2.05, 4.69) is 60.7 Å². The third-order valence-electron chi connectivity index (χ3n) is 6.27. The molecule has 0 spiro atoms. The van der Waals surface area contributed by atoms with Gasteiger partial charge < -0.3 is 10.2 Å². The van der Waals surface area contributed by atoms with Crippen LogP contribution in [0.15, 0.2) is 42.5 Å². The van der Waals surface area contributed by atoms with Gasteiger partial charge in [-0.3, -0.25) is 0 Å². The Labute approximate surface area is 186 Å². The third kappa shape index (κ3) is 6.91. The lowest BCUT2D eigenvalue weighted by Crippen LogP contribution is -2.25. The van der Waals surface area contributed by atoms with E-state index in [0.29, 0.717) is 16.0 Å². The zero-order valence-electron chi connectivity index (χ0n) is 17.8. The summed E-state index contributed by atoms with van der Waals surface area (Å²) in [7, 11) is 4.15. The zero-order valence-corrected chi connectivity index (χ0v) is 19.3. The molecule has 1 aliphatic carbocycles. The van der Waals surface area contributed by atoms with E-state index >= 15 is 0 Å². The molecule has 1 N–H and O–H groups in total. The molecular weight excluding hydrogens is 399 g/mol. The molecule has 1 aliphatic rings. The van der Waals surface area contributed by atoms with Crippen LogP contribution >= 0.6 is 23.2 Å². The highest BCUT2D eigenvalue weighted by atomic mass is 35.5. The number of hydrogen-bond acceptors (Lipinski definition) is 2. The summed E-state index contributed by atoms with van der Waals surface area (Å²) in [5, 5.41) is 4.98. The minimum absolute atomic E-state index is 0.645. The molecular formula is C25H34Cl2N2. The maximum absolute atomic E-state index is 6.26. The summed E-state index contributed by atoms with van der Waals surface area (Å²) in [6.45, 7) is 1.98. The Hall–Kier alpha value is -1.22. The highest BCUT2D eigenvalue weighted by molar-refractivity contribution is 6.42. The fourth-order valence-electron chi connectivity index (χ4n) is 4.51. The SMILES string of the molecule is CN(C)c1ccc(CNCCC(Cc2ccc(Cl)c(Cl)c2)C2CCCCC2)cc1. The monoisotopic (exact) mass is 432 g/mol. The molecule has 1 atom stereocenters. The Morgan fingerprint density at radius 2 is 1.62 bits per heavy atom. The molecule has 0 heterocycles. The van der Waals surface area contributed by atoms with Crippen LogP contribution in [0.5, 0.6) is 0 Å². The van der Waals surface area contributed by atoms with Crippen molar-refractivity contribution < 1.29 is 0 Å². The van der Waals surface area contributed by atoms with Crippen LogP contribution in [0.3, 0.4) is 0 Å². The molecule has 2 nitrogen and oxygen atoms in total. The number of nitrogens with zero attached hydrogens (tertiary/aromatic N) is 1. The van der Waals surface area contributed by atoms with Crippen LogP contribution in [0.4, 0.5) is 5.69 Å².